The fraction of sp³-hybridized carbons (Fsp3) is 0. The van der Waals surface area contributed by atoms with Crippen LogP contribution in [0.15, 0.2) is 95.5 Å². The summed E-state index contributed by atoms with van der Waals surface area (Å²) in [5, 5.41) is 10.5. The quantitative estimate of drug-likeness (QED) is 0.211. The van der Waals surface area contributed by atoms with E-state index in [0.29, 0.717) is 0 Å². The summed E-state index contributed by atoms with van der Waals surface area (Å²) >= 11 is 3.74. The van der Waals surface area contributed by atoms with Gasteiger partial charge in [-0.3, -0.25) is 0 Å². The Hall–Kier alpha value is -3.16. The Labute approximate surface area is 176 Å². The number of halogens is 1. The summed E-state index contributed by atoms with van der Waals surface area (Å²) in [7, 11) is 0. The number of fused-ring (bicyclic) bond motifs is 8. The highest BCUT2D eigenvalue weighted by molar-refractivity contribution is 9.10. The summed E-state index contributed by atoms with van der Waals surface area (Å²) < 4.78 is 1.16. The highest BCUT2D eigenvalue weighted by Gasteiger charge is 2.23. The minimum absolute atomic E-state index is 1.16. The van der Waals surface area contributed by atoms with E-state index in [1.165, 1.54) is 65.3 Å². The van der Waals surface area contributed by atoms with Gasteiger partial charge in [-0.05, 0) is 83.5 Å². The molecule has 1 heteroatoms. The summed E-state index contributed by atoms with van der Waals surface area (Å²) in [4.78, 5) is 0. The third kappa shape index (κ3) is 1.98. The standard InChI is InChI=1S/C28H15Br/c29-27-13-12-22-25-14-17-9-11-19-18-5-2-1-4-16(18)8-10-20(19)24(17)15-26(25)21-6-3-7-23(27)28(21)22/h1-15H. The van der Waals surface area contributed by atoms with Crippen molar-refractivity contribution in [2.24, 2.45) is 0 Å². The first-order chi connectivity index (χ1) is 14.3. The van der Waals surface area contributed by atoms with E-state index in [2.05, 4.69) is 107 Å². The fourth-order valence-corrected chi connectivity index (χ4v) is 5.60. The first kappa shape index (κ1) is 15.7. The Morgan fingerprint density at radius 3 is 2.07 bits per heavy atom. The Morgan fingerprint density at radius 1 is 0.414 bits per heavy atom. The van der Waals surface area contributed by atoms with E-state index in [1.54, 1.807) is 0 Å². The Balaban J connectivity index is 1.64. The molecular formula is C28H15Br. The molecule has 0 aliphatic heterocycles. The van der Waals surface area contributed by atoms with Crippen LogP contribution in [0.5, 0.6) is 0 Å². The van der Waals surface area contributed by atoms with E-state index in [9.17, 15) is 0 Å². The molecule has 0 amide bonds. The summed E-state index contributed by atoms with van der Waals surface area (Å²) in [6.07, 6.45) is 0. The Bertz CT molecular complexity index is 1660. The zero-order chi connectivity index (χ0) is 19.1. The third-order valence-electron chi connectivity index (χ3n) is 6.45. The third-order valence-corrected chi connectivity index (χ3v) is 7.14. The molecule has 1 aliphatic rings. The van der Waals surface area contributed by atoms with Crippen LogP contribution in [-0.2, 0) is 0 Å². The van der Waals surface area contributed by atoms with Crippen LogP contribution >= 0.6 is 15.9 Å². The molecule has 0 saturated heterocycles. The summed E-state index contributed by atoms with van der Waals surface area (Å²) in [6.45, 7) is 0. The van der Waals surface area contributed by atoms with Gasteiger partial charge in [0.25, 0.3) is 0 Å². The molecule has 0 unspecified atom stereocenters. The van der Waals surface area contributed by atoms with E-state index in [0.717, 1.165) is 4.47 Å². The van der Waals surface area contributed by atoms with E-state index in [1.807, 2.05) is 0 Å². The maximum atomic E-state index is 3.74. The molecule has 0 spiro atoms. The molecule has 6 aromatic carbocycles. The van der Waals surface area contributed by atoms with Crippen molar-refractivity contribution < 1.29 is 0 Å². The number of rotatable bonds is 0. The highest BCUT2D eigenvalue weighted by Crippen LogP contribution is 2.50. The van der Waals surface area contributed by atoms with Crippen molar-refractivity contribution in [3.8, 4) is 22.3 Å². The number of benzene rings is 6. The minimum Gasteiger partial charge on any atom is -0.0616 e. The van der Waals surface area contributed by atoms with Gasteiger partial charge < -0.3 is 0 Å². The van der Waals surface area contributed by atoms with Gasteiger partial charge in [0.1, 0.15) is 0 Å². The van der Waals surface area contributed by atoms with Crippen LogP contribution < -0.4 is 0 Å². The van der Waals surface area contributed by atoms with Crippen molar-refractivity contribution in [2.45, 2.75) is 0 Å². The highest BCUT2D eigenvalue weighted by atomic mass is 79.9. The van der Waals surface area contributed by atoms with E-state index in [4.69, 9.17) is 0 Å². The predicted octanol–water partition coefficient (Wildman–Crippen LogP) is 8.71. The number of hydrogen-bond donors (Lipinski definition) is 0. The van der Waals surface area contributed by atoms with Gasteiger partial charge >= 0.3 is 0 Å². The minimum atomic E-state index is 1.16. The van der Waals surface area contributed by atoms with Gasteiger partial charge in [0, 0.05) is 4.47 Å². The van der Waals surface area contributed by atoms with Crippen LogP contribution in [0.4, 0.5) is 0 Å². The van der Waals surface area contributed by atoms with Gasteiger partial charge in [-0.25, -0.2) is 0 Å². The molecule has 0 atom stereocenters. The predicted molar refractivity (Wildman–Crippen MR) is 129 cm³/mol. The van der Waals surface area contributed by atoms with Gasteiger partial charge in [0.05, 0.1) is 0 Å². The topological polar surface area (TPSA) is 0 Å². The average Bonchev–Trinajstić information content (AvgIpc) is 3.08. The lowest BCUT2D eigenvalue weighted by Gasteiger charge is -2.10. The van der Waals surface area contributed by atoms with Crippen molar-refractivity contribution in [2.75, 3.05) is 0 Å². The largest absolute Gasteiger partial charge is 0.0616 e. The Kier molecular flexibility index (Phi) is 2.96. The first-order valence-corrected chi connectivity index (χ1v) is 10.7. The monoisotopic (exact) mass is 430 g/mol. The van der Waals surface area contributed by atoms with Crippen molar-refractivity contribution in [1.29, 1.82) is 0 Å². The summed E-state index contributed by atoms with van der Waals surface area (Å²) in [5.41, 5.74) is 5.37. The van der Waals surface area contributed by atoms with Crippen LogP contribution in [0.25, 0.3) is 65.3 Å². The van der Waals surface area contributed by atoms with E-state index in [-0.39, 0.29) is 0 Å². The lowest BCUT2D eigenvalue weighted by atomic mass is 9.93. The second-order valence-electron chi connectivity index (χ2n) is 7.89. The molecule has 6 aromatic rings. The summed E-state index contributed by atoms with van der Waals surface area (Å²) in [5.74, 6) is 0. The molecule has 0 heterocycles. The SMILES string of the molecule is Brc1ccc2c3c(cccc13)-c1cc3c(ccc4c5ccccc5ccc34)cc1-2. The van der Waals surface area contributed by atoms with Crippen LogP contribution in [0, 0.1) is 0 Å². The normalized spacial score (nSPS) is 12.3. The van der Waals surface area contributed by atoms with Gasteiger partial charge in [-0.15, -0.1) is 0 Å². The molecule has 0 nitrogen and oxygen atoms in total. The van der Waals surface area contributed by atoms with Gasteiger partial charge in [0.15, 0.2) is 0 Å². The maximum absolute atomic E-state index is 3.74. The first-order valence-electron chi connectivity index (χ1n) is 9.90. The zero-order valence-electron chi connectivity index (χ0n) is 15.5. The Morgan fingerprint density at radius 2 is 1.14 bits per heavy atom. The second-order valence-corrected chi connectivity index (χ2v) is 8.74. The average molecular weight is 431 g/mol. The summed E-state index contributed by atoms with van der Waals surface area (Å²) in [6, 6.07) is 33.6. The molecule has 1 aliphatic carbocycles. The van der Waals surface area contributed by atoms with Crippen molar-refractivity contribution >= 4 is 59.0 Å². The van der Waals surface area contributed by atoms with Crippen LogP contribution in [-0.4, -0.2) is 0 Å². The molecule has 0 radical (unpaired) electrons. The van der Waals surface area contributed by atoms with Crippen molar-refractivity contribution in [3.63, 3.8) is 0 Å². The van der Waals surface area contributed by atoms with Gasteiger partial charge in [-0.1, -0.05) is 88.7 Å². The van der Waals surface area contributed by atoms with Crippen molar-refractivity contribution in [1.82, 2.24) is 0 Å². The molecule has 29 heavy (non-hydrogen) atoms. The smallest absolute Gasteiger partial charge is 0.0254 e. The molecule has 0 aromatic heterocycles. The maximum Gasteiger partial charge on any atom is 0.0254 e. The fourth-order valence-electron chi connectivity index (χ4n) is 5.14. The van der Waals surface area contributed by atoms with Crippen LogP contribution in [0.1, 0.15) is 0 Å². The van der Waals surface area contributed by atoms with Crippen LogP contribution in [0.3, 0.4) is 0 Å². The zero-order valence-corrected chi connectivity index (χ0v) is 17.1. The lowest BCUT2D eigenvalue weighted by Crippen LogP contribution is -1.83. The number of hydrogen-bond acceptors (Lipinski definition) is 0. The van der Waals surface area contributed by atoms with Crippen molar-refractivity contribution in [3.05, 3.63) is 95.5 Å². The second kappa shape index (κ2) is 5.46. The molecule has 0 saturated carbocycles. The molecule has 0 fully saturated rings. The van der Waals surface area contributed by atoms with Gasteiger partial charge in [-0.2, -0.15) is 0 Å². The van der Waals surface area contributed by atoms with E-state index < -0.39 is 0 Å². The molecule has 134 valence electrons. The molecule has 7 rings (SSSR count). The molecule has 0 N–H and O–H groups in total. The van der Waals surface area contributed by atoms with Gasteiger partial charge in [0.2, 0.25) is 0 Å². The molecular weight excluding hydrogens is 416 g/mol. The molecule has 0 bridgehead atoms. The lowest BCUT2D eigenvalue weighted by molar-refractivity contribution is 1.73. The van der Waals surface area contributed by atoms with E-state index >= 15 is 0 Å². The van der Waals surface area contributed by atoms with Crippen LogP contribution in [0.2, 0.25) is 0 Å².